The van der Waals surface area contributed by atoms with Crippen LogP contribution in [0.2, 0.25) is 0 Å². The molecule has 7 atom stereocenters. The minimum atomic E-state index is 0.175. The predicted molar refractivity (Wildman–Crippen MR) is 139 cm³/mol. The number of ketones is 1. The molecule has 3 heteroatoms. The van der Waals surface area contributed by atoms with E-state index < -0.39 is 0 Å². The SMILES string of the molecule is C#CC(C)C.CN(C)c1ccc(C2CC34OC3CCC4C3CCC4=CC(=O)CCC4(C)C23)cc1. The lowest BCUT2D eigenvalue weighted by Crippen LogP contribution is -2.53. The third-order valence-corrected chi connectivity index (χ3v) is 9.78. The maximum atomic E-state index is 12.2. The molecule has 5 aliphatic rings. The Balaban J connectivity index is 0.000000439. The Morgan fingerprint density at radius 2 is 1.82 bits per heavy atom. The van der Waals surface area contributed by atoms with E-state index in [1.54, 1.807) is 0 Å². The second-order valence-corrected chi connectivity index (χ2v) is 12.1. The number of anilines is 1. The van der Waals surface area contributed by atoms with Crippen LogP contribution >= 0.6 is 0 Å². The number of terminal acetylenes is 1. The summed E-state index contributed by atoms with van der Waals surface area (Å²) in [5.74, 6) is 5.95. The number of carbonyl (C=O) groups excluding carboxylic acids is 1. The molecule has 0 bridgehead atoms. The molecule has 7 unspecified atom stereocenters. The highest BCUT2D eigenvalue weighted by Gasteiger charge is 2.72. The van der Waals surface area contributed by atoms with Crippen LogP contribution in [-0.2, 0) is 9.53 Å². The number of rotatable bonds is 2. The van der Waals surface area contributed by atoms with E-state index in [9.17, 15) is 4.79 Å². The summed E-state index contributed by atoms with van der Waals surface area (Å²) < 4.78 is 6.42. The molecule has 182 valence electrons. The first-order chi connectivity index (χ1) is 16.2. The topological polar surface area (TPSA) is 32.8 Å². The summed E-state index contributed by atoms with van der Waals surface area (Å²) in [6.07, 6.45) is 15.4. The van der Waals surface area contributed by atoms with E-state index in [4.69, 9.17) is 11.2 Å². The number of ether oxygens (including phenoxy) is 1. The van der Waals surface area contributed by atoms with Crippen molar-refractivity contribution in [3.05, 3.63) is 41.5 Å². The van der Waals surface area contributed by atoms with Gasteiger partial charge in [-0.25, -0.2) is 0 Å². The van der Waals surface area contributed by atoms with Crippen molar-refractivity contribution in [3.63, 3.8) is 0 Å². The van der Waals surface area contributed by atoms with Gasteiger partial charge in [-0.1, -0.05) is 38.5 Å². The van der Waals surface area contributed by atoms with Gasteiger partial charge in [0.2, 0.25) is 0 Å². The smallest absolute Gasteiger partial charge is 0.155 e. The third kappa shape index (κ3) is 3.74. The minimum Gasteiger partial charge on any atom is -0.378 e. The highest BCUT2D eigenvalue weighted by Crippen LogP contribution is 2.71. The van der Waals surface area contributed by atoms with Gasteiger partial charge < -0.3 is 9.64 Å². The average Bonchev–Trinajstić information content (AvgIpc) is 3.39. The molecule has 1 aliphatic heterocycles. The molecule has 1 spiro atoms. The van der Waals surface area contributed by atoms with E-state index >= 15 is 0 Å². The number of carbonyl (C=O) groups is 1. The highest BCUT2D eigenvalue weighted by atomic mass is 16.6. The number of nitrogens with zero attached hydrogens (tertiary/aromatic N) is 1. The van der Waals surface area contributed by atoms with E-state index in [1.807, 2.05) is 19.9 Å². The molecule has 1 saturated heterocycles. The van der Waals surface area contributed by atoms with Crippen molar-refractivity contribution in [2.75, 3.05) is 19.0 Å². The Bertz CT molecular complexity index is 1010. The fraction of sp³-hybridized carbons (Fsp3) is 0.645. The molecule has 0 aromatic heterocycles. The Hall–Kier alpha value is -2.05. The zero-order chi connectivity index (χ0) is 24.3. The van der Waals surface area contributed by atoms with E-state index in [2.05, 4.69) is 56.1 Å². The first-order valence-electron chi connectivity index (χ1n) is 13.3. The van der Waals surface area contributed by atoms with Gasteiger partial charge >= 0.3 is 0 Å². The number of hydrogen-bond acceptors (Lipinski definition) is 3. The molecule has 3 saturated carbocycles. The molecule has 6 rings (SSSR count). The summed E-state index contributed by atoms with van der Waals surface area (Å²) in [6.45, 7) is 6.46. The van der Waals surface area contributed by atoms with Crippen LogP contribution in [0.1, 0.15) is 77.2 Å². The fourth-order valence-electron chi connectivity index (χ4n) is 8.04. The first kappa shape index (κ1) is 23.7. The van der Waals surface area contributed by atoms with Crippen molar-refractivity contribution >= 4 is 11.5 Å². The van der Waals surface area contributed by atoms with Gasteiger partial charge in [-0.2, -0.15) is 0 Å². The molecule has 34 heavy (non-hydrogen) atoms. The Labute approximate surface area is 206 Å². The zero-order valence-corrected chi connectivity index (χ0v) is 21.6. The quantitative estimate of drug-likeness (QED) is 0.380. The van der Waals surface area contributed by atoms with Crippen LogP contribution in [0.5, 0.6) is 0 Å². The summed E-state index contributed by atoms with van der Waals surface area (Å²) in [7, 11) is 4.21. The molecule has 1 heterocycles. The minimum absolute atomic E-state index is 0.175. The summed E-state index contributed by atoms with van der Waals surface area (Å²) in [5, 5.41) is 0. The number of fused-ring (bicyclic) bond motifs is 4. The van der Waals surface area contributed by atoms with Crippen molar-refractivity contribution in [1.82, 2.24) is 0 Å². The van der Waals surface area contributed by atoms with Crippen LogP contribution in [0.4, 0.5) is 5.69 Å². The van der Waals surface area contributed by atoms with Gasteiger partial charge in [0.05, 0.1) is 11.7 Å². The Morgan fingerprint density at radius 1 is 1.12 bits per heavy atom. The lowest BCUT2D eigenvalue weighted by Gasteiger charge is -2.58. The van der Waals surface area contributed by atoms with E-state index in [0.29, 0.717) is 29.6 Å². The molecular formula is C31H41NO2. The summed E-state index contributed by atoms with van der Waals surface area (Å²) in [6, 6.07) is 9.30. The largest absolute Gasteiger partial charge is 0.378 e. The molecule has 0 radical (unpaired) electrons. The third-order valence-electron chi connectivity index (χ3n) is 9.78. The highest BCUT2D eigenvalue weighted by molar-refractivity contribution is 5.91. The van der Waals surface area contributed by atoms with Crippen LogP contribution in [-0.4, -0.2) is 31.6 Å². The summed E-state index contributed by atoms with van der Waals surface area (Å²) in [5.41, 5.74) is 4.55. The molecule has 1 aromatic rings. The monoisotopic (exact) mass is 459 g/mol. The van der Waals surface area contributed by atoms with Gasteiger partial charge in [-0.05, 0) is 91.4 Å². The van der Waals surface area contributed by atoms with Crippen molar-refractivity contribution in [2.45, 2.75) is 83.3 Å². The first-order valence-corrected chi connectivity index (χ1v) is 13.3. The number of hydrogen-bond donors (Lipinski definition) is 0. The predicted octanol–water partition coefficient (Wildman–Crippen LogP) is 6.38. The maximum Gasteiger partial charge on any atom is 0.155 e. The van der Waals surface area contributed by atoms with Gasteiger partial charge in [0, 0.05) is 32.1 Å². The maximum absolute atomic E-state index is 12.2. The molecule has 0 amide bonds. The van der Waals surface area contributed by atoms with E-state index in [1.165, 1.54) is 42.5 Å². The Morgan fingerprint density at radius 3 is 2.44 bits per heavy atom. The summed E-state index contributed by atoms with van der Waals surface area (Å²) in [4.78, 5) is 14.4. The number of allylic oxidation sites excluding steroid dienone is 1. The van der Waals surface area contributed by atoms with Crippen molar-refractivity contribution in [1.29, 1.82) is 0 Å². The number of epoxide rings is 1. The van der Waals surface area contributed by atoms with Crippen LogP contribution in [0.15, 0.2) is 35.9 Å². The van der Waals surface area contributed by atoms with Gasteiger partial charge in [0.1, 0.15) is 0 Å². The van der Waals surface area contributed by atoms with Gasteiger partial charge in [-0.3, -0.25) is 4.79 Å². The van der Waals surface area contributed by atoms with Gasteiger partial charge in [0.25, 0.3) is 0 Å². The number of benzene rings is 1. The molecule has 4 aliphatic carbocycles. The van der Waals surface area contributed by atoms with Crippen molar-refractivity contribution in [2.24, 2.45) is 29.1 Å². The van der Waals surface area contributed by atoms with Crippen LogP contribution in [0.25, 0.3) is 0 Å². The lowest BCUT2D eigenvalue weighted by molar-refractivity contribution is -0.117. The fourth-order valence-corrected chi connectivity index (χ4v) is 8.04. The molecule has 3 nitrogen and oxygen atoms in total. The van der Waals surface area contributed by atoms with Crippen LogP contribution in [0.3, 0.4) is 0 Å². The molecule has 1 aromatic carbocycles. The van der Waals surface area contributed by atoms with E-state index in [-0.39, 0.29) is 11.0 Å². The molecule has 4 fully saturated rings. The van der Waals surface area contributed by atoms with Crippen LogP contribution < -0.4 is 4.90 Å². The molecule has 0 N–H and O–H groups in total. The zero-order valence-electron chi connectivity index (χ0n) is 21.6. The van der Waals surface area contributed by atoms with Crippen molar-refractivity contribution < 1.29 is 9.53 Å². The van der Waals surface area contributed by atoms with Crippen LogP contribution in [0, 0.1) is 41.4 Å². The summed E-state index contributed by atoms with van der Waals surface area (Å²) >= 11 is 0. The van der Waals surface area contributed by atoms with E-state index in [0.717, 1.165) is 31.1 Å². The van der Waals surface area contributed by atoms with Gasteiger partial charge in [-0.15, -0.1) is 12.3 Å². The second kappa shape index (κ2) is 8.56. The van der Waals surface area contributed by atoms with Gasteiger partial charge in [0.15, 0.2) is 5.78 Å². The normalized spacial score (nSPS) is 39.4. The lowest BCUT2D eigenvalue weighted by atomic mass is 9.46. The standard InChI is InChI=1S/C26H33NO2.C5H8/c1-25-13-12-19(28)14-17(25)6-9-20-22-10-11-23-26(22,29-23)15-21(24(20)25)16-4-7-18(8-5-16)27(2)3;1-4-5(2)3/h4-5,7-8,14,20-24H,6,9-13,15H2,1-3H3;1,5H,2-3H3. The average molecular weight is 460 g/mol. The second-order valence-electron chi connectivity index (χ2n) is 12.1. The van der Waals surface area contributed by atoms with Crippen molar-refractivity contribution in [3.8, 4) is 12.3 Å². The Kier molecular flexibility index (Phi) is 5.96. The molecular weight excluding hydrogens is 418 g/mol.